The first-order valence-corrected chi connectivity index (χ1v) is 5.46. The van der Waals surface area contributed by atoms with Crippen molar-refractivity contribution < 1.29 is 4.74 Å². The van der Waals surface area contributed by atoms with Crippen LogP contribution in [0.5, 0.6) is 5.75 Å². The maximum absolute atomic E-state index is 8.66. The molecule has 1 aromatic rings. The number of benzene rings is 1. The summed E-state index contributed by atoms with van der Waals surface area (Å²) in [7, 11) is 0. The minimum Gasteiger partial charge on any atom is -0.490 e. The zero-order valence-electron chi connectivity index (χ0n) is 10.0. The van der Waals surface area contributed by atoms with E-state index in [1.807, 2.05) is 19.1 Å². The number of nitrogens with zero attached hydrogens (tertiary/aromatic N) is 1. The van der Waals surface area contributed by atoms with Crippen LogP contribution >= 0.6 is 0 Å². The largest absolute Gasteiger partial charge is 0.490 e. The van der Waals surface area contributed by atoms with Crippen molar-refractivity contribution in [3.8, 4) is 11.8 Å². The molecular weight excluding hydrogens is 200 g/mol. The Balaban J connectivity index is 2.83. The molecule has 0 spiro atoms. The predicted octanol–water partition coefficient (Wildman–Crippen LogP) is 2.76. The minimum atomic E-state index is 0.151. The fourth-order valence-electron chi connectivity index (χ4n) is 1.24. The molecule has 86 valence electrons. The van der Waals surface area contributed by atoms with Gasteiger partial charge in [0.2, 0.25) is 0 Å². The topological polar surface area (TPSA) is 59.0 Å². The molecule has 0 aliphatic heterocycles. The number of rotatable bonds is 4. The lowest BCUT2D eigenvalue weighted by molar-refractivity contribution is 0.170. The molecule has 1 unspecified atom stereocenters. The third-order valence-electron chi connectivity index (χ3n) is 2.64. The Morgan fingerprint density at radius 3 is 2.62 bits per heavy atom. The first-order chi connectivity index (χ1) is 7.54. The number of anilines is 1. The van der Waals surface area contributed by atoms with Crippen LogP contribution in [0.2, 0.25) is 0 Å². The molecule has 0 bridgehead atoms. The SMILES string of the molecule is CC(C)C(C)Oc1ccc(N)c(CC#N)c1. The van der Waals surface area contributed by atoms with E-state index in [0.29, 0.717) is 18.0 Å². The predicted molar refractivity (Wildman–Crippen MR) is 65.1 cm³/mol. The Morgan fingerprint density at radius 2 is 2.06 bits per heavy atom. The lowest BCUT2D eigenvalue weighted by Gasteiger charge is -2.18. The van der Waals surface area contributed by atoms with Gasteiger partial charge in [-0.2, -0.15) is 5.26 Å². The van der Waals surface area contributed by atoms with Gasteiger partial charge in [0.15, 0.2) is 0 Å². The zero-order chi connectivity index (χ0) is 12.1. The molecule has 0 amide bonds. The molecule has 16 heavy (non-hydrogen) atoms. The molecule has 3 nitrogen and oxygen atoms in total. The number of hydrogen-bond acceptors (Lipinski definition) is 3. The van der Waals surface area contributed by atoms with Crippen molar-refractivity contribution in [1.82, 2.24) is 0 Å². The lowest BCUT2D eigenvalue weighted by Crippen LogP contribution is -2.18. The van der Waals surface area contributed by atoms with E-state index in [2.05, 4.69) is 19.9 Å². The minimum absolute atomic E-state index is 0.151. The van der Waals surface area contributed by atoms with E-state index in [-0.39, 0.29) is 6.10 Å². The van der Waals surface area contributed by atoms with Crippen LogP contribution in [-0.4, -0.2) is 6.10 Å². The maximum atomic E-state index is 8.66. The van der Waals surface area contributed by atoms with Crippen molar-refractivity contribution in [2.45, 2.75) is 33.3 Å². The fraction of sp³-hybridized carbons (Fsp3) is 0.462. The molecule has 0 saturated carbocycles. The summed E-state index contributed by atoms with van der Waals surface area (Å²) in [6.45, 7) is 6.25. The van der Waals surface area contributed by atoms with Crippen LogP contribution in [0.1, 0.15) is 26.3 Å². The molecule has 1 aromatic carbocycles. The first kappa shape index (κ1) is 12.4. The van der Waals surface area contributed by atoms with Crippen molar-refractivity contribution in [3.05, 3.63) is 23.8 Å². The van der Waals surface area contributed by atoms with E-state index in [0.717, 1.165) is 11.3 Å². The van der Waals surface area contributed by atoms with Gasteiger partial charge in [-0.25, -0.2) is 0 Å². The van der Waals surface area contributed by atoms with E-state index >= 15 is 0 Å². The second-order valence-electron chi connectivity index (χ2n) is 4.26. The summed E-state index contributed by atoms with van der Waals surface area (Å²) in [4.78, 5) is 0. The first-order valence-electron chi connectivity index (χ1n) is 5.46. The average Bonchev–Trinajstić information content (AvgIpc) is 2.23. The van der Waals surface area contributed by atoms with Gasteiger partial charge in [0.05, 0.1) is 18.6 Å². The van der Waals surface area contributed by atoms with Crippen LogP contribution in [0.4, 0.5) is 5.69 Å². The van der Waals surface area contributed by atoms with Crippen molar-refractivity contribution in [2.24, 2.45) is 5.92 Å². The number of nitrogens with two attached hydrogens (primary N) is 1. The molecule has 1 atom stereocenters. The number of ether oxygens (including phenoxy) is 1. The van der Waals surface area contributed by atoms with Gasteiger partial charge in [-0.1, -0.05) is 13.8 Å². The second kappa shape index (κ2) is 5.41. The van der Waals surface area contributed by atoms with Crippen molar-refractivity contribution in [3.63, 3.8) is 0 Å². The zero-order valence-corrected chi connectivity index (χ0v) is 10.0. The van der Waals surface area contributed by atoms with Crippen molar-refractivity contribution >= 4 is 5.69 Å². The normalized spacial score (nSPS) is 12.2. The Labute approximate surface area is 96.8 Å². The molecule has 0 saturated heterocycles. The van der Waals surface area contributed by atoms with Crippen LogP contribution in [0.3, 0.4) is 0 Å². The summed E-state index contributed by atoms with van der Waals surface area (Å²) in [5, 5.41) is 8.66. The molecule has 0 aromatic heterocycles. The summed E-state index contributed by atoms with van der Waals surface area (Å²) in [5.41, 5.74) is 7.23. The van der Waals surface area contributed by atoms with Gasteiger partial charge >= 0.3 is 0 Å². The third-order valence-corrected chi connectivity index (χ3v) is 2.64. The van der Waals surface area contributed by atoms with E-state index in [1.54, 1.807) is 6.07 Å². The number of nitrogen functional groups attached to an aromatic ring is 1. The molecule has 0 radical (unpaired) electrons. The van der Waals surface area contributed by atoms with E-state index in [1.165, 1.54) is 0 Å². The quantitative estimate of drug-likeness (QED) is 0.790. The van der Waals surface area contributed by atoms with E-state index in [9.17, 15) is 0 Å². The molecule has 2 N–H and O–H groups in total. The van der Waals surface area contributed by atoms with Gasteiger partial charge in [0.25, 0.3) is 0 Å². The van der Waals surface area contributed by atoms with Gasteiger partial charge < -0.3 is 10.5 Å². The average molecular weight is 218 g/mol. The second-order valence-corrected chi connectivity index (χ2v) is 4.26. The highest BCUT2D eigenvalue weighted by atomic mass is 16.5. The molecule has 1 rings (SSSR count). The van der Waals surface area contributed by atoms with Crippen LogP contribution in [0, 0.1) is 17.2 Å². The number of nitriles is 1. The summed E-state index contributed by atoms with van der Waals surface area (Å²) >= 11 is 0. The molecule has 0 fully saturated rings. The standard InChI is InChI=1S/C13H18N2O/c1-9(2)10(3)16-12-4-5-13(15)11(8-12)6-7-14/h4-5,8-10H,6,15H2,1-3H3. The monoisotopic (exact) mass is 218 g/mol. The highest BCUT2D eigenvalue weighted by molar-refractivity contribution is 5.51. The summed E-state index contributed by atoms with van der Waals surface area (Å²) in [5.74, 6) is 1.23. The summed E-state index contributed by atoms with van der Waals surface area (Å²) in [6.07, 6.45) is 0.470. The molecular formula is C13H18N2O. The Bertz CT molecular complexity index is 393. The van der Waals surface area contributed by atoms with Gasteiger partial charge in [-0.15, -0.1) is 0 Å². The van der Waals surface area contributed by atoms with Crippen molar-refractivity contribution in [1.29, 1.82) is 5.26 Å². The summed E-state index contributed by atoms with van der Waals surface area (Å²) in [6, 6.07) is 7.57. The van der Waals surface area contributed by atoms with Gasteiger partial charge in [0.1, 0.15) is 5.75 Å². The van der Waals surface area contributed by atoms with Crippen LogP contribution in [-0.2, 0) is 6.42 Å². The maximum Gasteiger partial charge on any atom is 0.120 e. The van der Waals surface area contributed by atoms with E-state index < -0.39 is 0 Å². The van der Waals surface area contributed by atoms with Gasteiger partial charge in [0, 0.05) is 5.69 Å². The molecule has 3 heteroatoms. The Hall–Kier alpha value is -1.69. The van der Waals surface area contributed by atoms with E-state index in [4.69, 9.17) is 15.7 Å². The Kier molecular flexibility index (Phi) is 4.19. The van der Waals surface area contributed by atoms with Crippen LogP contribution in [0.15, 0.2) is 18.2 Å². The molecule has 0 aliphatic rings. The highest BCUT2D eigenvalue weighted by Gasteiger charge is 2.09. The molecule has 0 heterocycles. The van der Waals surface area contributed by atoms with Crippen LogP contribution < -0.4 is 10.5 Å². The van der Waals surface area contributed by atoms with Crippen molar-refractivity contribution in [2.75, 3.05) is 5.73 Å². The third kappa shape index (κ3) is 3.16. The lowest BCUT2D eigenvalue weighted by atomic mass is 10.1. The number of hydrogen-bond donors (Lipinski definition) is 1. The fourth-order valence-corrected chi connectivity index (χ4v) is 1.24. The van der Waals surface area contributed by atoms with Gasteiger partial charge in [-0.05, 0) is 36.6 Å². The smallest absolute Gasteiger partial charge is 0.120 e. The highest BCUT2D eigenvalue weighted by Crippen LogP contribution is 2.22. The van der Waals surface area contributed by atoms with Crippen LogP contribution in [0.25, 0.3) is 0 Å². The molecule has 0 aliphatic carbocycles. The Morgan fingerprint density at radius 1 is 1.38 bits per heavy atom. The summed E-state index contributed by atoms with van der Waals surface area (Å²) < 4.78 is 5.75. The van der Waals surface area contributed by atoms with Gasteiger partial charge in [-0.3, -0.25) is 0 Å².